The van der Waals surface area contributed by atoms with Gasteiger partial charge in [0.05, 0.1) is 22.3 Å². The molecule has 0 aliphatic carbocycles. The van der Waals surface area contributed by atoms with E-state index in [2.05, 4.69) is 15.2 Å². The third kappa shape index (κ3) is 6.63. The molecule has 0 unspecified atom stereocenters. The highest BCUT2D eigenvalue weighted by molar-refractivity contribution is 7.93. The van der Waals surface area contributed by atoms with Gasteiger partial charge >= 0.3 is 6.09 Å². The van der Waals surface area contributed by atoms with E-state index in [4.69, 9.17) is 16.3 Å². The molecule has 12 heteroatoms. The van der Waals surface area contributed by atoms with Gasteiger partial charge in [-0.3, -0.25) is 0 Å². The standard InChI is InChI=1S/C26H30ClFN4O4S2/c1-26(2,3)36-25(33)32(24-16-37-17-29-24)38(34,35)23-13-19(27)21(14-20(23)28)30-22(15-31-11-7-8-12-31)18-9-5-4-6-10-18/h4-6,9-10,13-14,16-17,22,30H,7-8,11-12,15H2,1-3H3/t22-/m1/s1. The van der Waals surface area contributed by atoms with Crippen LogP contribution in [0.3, 0.4) is 0 Å². The van der Waals surface area contributed by atoms with Crippen molar-refractivity contribution in [2.75, 3.05) is 29.3 Å². The minimum absolute atomic E-state index is 0.00487. The summed E-state index contributed by atoms with van der Waals surface area (Å²) in [5.41, 5.74) is 1.61. The van der Waals surface area contributed by atoms with Crippen molar-refractivity contribution in [3.8, 4) is 0 Å². The smallest absolute Gasteiger partial charge is 0.430 e. The number of hydrogen-bond acceptors (Lipinski definition) is 8. The van der Waals surface area contributed by atoms with E-state index in [0.29, 0.717) is 10.8 Å². The summed E-state index contributed by atoms with van der Waals surface area (Å²) in [5.74, 6) is -1.26. The molecular formula is C26H30ClFN4O4S2. The summed E-state index contributed by atoms with van der Waals surface area (Å²) in [6, 6.07) is 11.6. The minimum Gasteiger partial charge on any atom is -0.443 e. The van der Waals surface area contributed by atoms with Crippen molar-refractivity contribution in [2.24, 2.45) is 0 Å². The second kappa shape index (κ2) is 11.6. The molecule has 0 spiro atoms. The molecule has 204 valence electrons. The number of sulfonamides is 1. The van der Waals surface area contributed by atoms with E-state index in [1.165, 1.54) is 10.9 Å². The number of anilines is 2. The van der Waals surface area contributed by atoms with E-state index in [-0.39, 0.29) is 22.6 Å². The van der Waals surface area contributed by atoms with Crippen molar-refractivity contribution >= 4 is 50.6 Å². The third-order valence-electron chi connectivity index (χ3n) is 5.90. The van der Waals surface area contributed by atoms with Crippen LogP contribution >= 0.6 is 22.9 Å². The van der Waals surface area contributed by atoms with Gasteiger partial charge in [0.25, 0.3) is 10.0 Å². The number of thiazole rings is 1. The Morgan fingerprint density at radius 3 is 2.53 bits per heavy atom. The fourth-order valence-electron chi connectivity index (χ4n) is 4.19. The molecule has 1 aromatic heterocycles. The van der Waals surface area contributed by atoms with Gasteiger partial charge in [-0.25, -0.2) is 22.6 Å². The van der Waals surface area contributed by atoms with Gasteiger partial charge in [-0.05, 0) is 64.4 Å². The summed E-state index contributed by atoms with van der Waals surface area (Å²) < 4.78 is 48.3. The first-order chi connectivity index (χ1) is 18.0. The number of nitrogens with one attached hydrogen (secondary N) is 1. The molecule has 1 atom stereocenters. The van der Waals surface area contributed by atoms with Gasteiger partial charge in [0.15, 0.2) is 5.82 Å². The molecule has 4 rings (SSSR count). The molecule has 2 heterocycles. The maximum Gasteiger partial charge on any atom is 0.430 e. The van der Waals surface area contributed by atoms with Crippen LogP contribution in [-0.4, -0.2) is 49.6 Å². The highest BCUT2D eigenvalue weighted by Crippen LogP contribution is 2.34. The molecule has 1 aliphatic rings. The molecular weight excluding hydrogens is 551 g/mol. The number of aromatic nitrogens is 1. The maximum absolute atomic E-state index is 15.5. The quantitative estimate of drug-likeness (QED) is 0.333. The number of hydrogen-bond donors (Lipinski definition) is 1. The Bertz CT molecular complexity index is 1360. The Kier molecular flexibility index (Phi) is 8.61. The summed E-state index contributed by atoms with van der Waals surface area (Å²) in [4.78, 5) is 18.4. The molecule has 1 fully saturated rings. The summed E-state index contributed by atoms with van der Waals surface area (Å²) in [6.07, 6.45) is 1.04. The number of carbonyl (C=O) groups is 1. The van der Waals surface area contributed by atoms with Crippen LogP contribution in [0.25, 0.3) is 0 Å². The van der Waals surface area contributed by atoms with Crippen molar-refractivity contribution in [1.29, 1.82) is 0 Å². The first kappa shape index (κ1) is 28.3. The van der Waals surface area contributed by atoms with Crippen molar-refractivity contribution in [1.82, 2.24) is 9.88 Å². The number of amides is 1. The molecule has 0 radical (unpaired) electrons. The lowest BCUT2D eigenvalue weighted by atomic mass is 10.1. The molecule has 1 N–H and O–H groups in total. The van der Waals surface area contributed by atoms with Gasteiger partial charge in [0, 0.05) is 11.9 Å². The van der Waals surface area contributed by atoms with Gasteiger partial charge in [0.1, 0.15) is 16.3 Å². The average molecular weight is 581 g/mol. The highest BCUT2D eigenvalue weighted by atomic mass is 35.5. The second-order valence-electron chi connectivity index (χ2n) is 9.97. The van der Waals surface area contributed by atoms with Crippen LogP contribution in [0.5, 0.6) is 0 Å². The highest BCUT2D eigenvalue weighted by Gasteiger charge is 2.38. The fraction of sp³-hybridized carbons (Fsp3) is 0.385. The molecule has 1 saturated heterocycles. The Hall–Kier alpha value is -2.73. The van der Waals surface area contributed by atoms with Crippen LogP contribution in [0.2, 0.25) is 5.02 Å². The zero-order valence-corrected chi connectivity index (χ0v) is 23.7. The average Bonchev–Trinajstić information content (AvgIpc) is 3.54. The largest absolute Gasteiger partial charge is 0.443 e. The summed E-state index contributed by atoms with van der Waals surface area (Å²) >= 11 is 7.60. The molecule has 3 aromatic rings. The van der Waals surface area contributed by atoms with E-state index in [9.17, 15) is 13.2 Å². The van der Waals surface area contributed by atoms with Gasteiger partial charge in [0.2, 0.25) is 0 Å². The minimum atomic E-state index is -4.76. The summed E-state index contributed by atoms with van der Waals surface area (Å²) in [7, 11) is -4.76. The van der Waals surface area contributed by atoms with E-state index < -0.39 is 32.4 Å². The lowest BCUT2D eigenvalue weighted by molar-refractivity contribution is 0.0608. The molecule has 0 saturated carbocycles. The van der Waals surface area contributed by atoms with E-state index in [1.807, 2.05) is 30.3 Å². The van der Waals surface area contributed by atoms with E-state index in [0.717, 1.165) is 55.0 Å². The lowest BCUT2D eigenvalue weighted by Gasteiger charge is -2.27. The zero-order chi connectivity index (χ0) is 27.5. The van der Waals surface area contributed by atoms with Crippen molar-refractivity contribution in [3.63, 3.8) is 0 Å². The molecule has 1 aliphatic heterocycles. The number of carbonyl (C=O) groups excluding carboxylic acids is 1. The van der Waals surface area contributed by atoms with Crippen LogP contribution in [0.1, 0.15) is 45.2 Å². The number of halogens is 2. The number of nitrogens with zero attached hydrogens (tertiary/aromatic N) is 3. The molecule has 1 amide bonds. The predicted octanol–water partition coefficient (Wildman–Crippen LogP) is 6.32. The number of likely N-dealkylation sites (tertiary alicyclic amines) is 1. The van der Waals surface area contributed by atoms with Gasteiger partial charge < -0.3 is 15.0 Å². The summed E-state index contributed by atoms with van der Waals surface area (Å²) in [5, 5.41) is 4.65. The first-order valence-corrected chi connectivity index (χ1v) is 14.9. The third-order valence-corrected chi connectivity index (χ3v) is 8.47. The number of benzene rings is 2. The molecule has 38 heavy (non-hydrogen) atoms. The van der Waals surface area contributed by atoms with Crippen LogP contribution in [-0.2, 0) is 14.8 Å². The fourth-order valence-corrected chi connectivity index (χ4v) is 6.41. The second-order valence-corrected chi connectivity index (χ2v) is 12.9. The van der Waals surface area contributed by atoms with Crippen molar-refractivity contribution in [2.45, 2.75) is 50.2 Å². The Balaban J connectivity index is 1.68. The predicted molar refractivity (Wildman–Crippen MR) is 148 cm³/mol. The number of rotatable bonds is 8. The monoisotopic (exact) mass is 580 g/mol. The van der Waals surface area contributed by atoms with Crippen LogP contribution in [0, 0.1) is 5.82 Å². The zero-order valence-electron chi connectivity index (χ0n) is 21.4. The first-order valence-electron chi connectivity index (χ1n) is 12.1. The molecule has 2 aromatic carbocycles. The van der Waals surface area contributed by atoms with Crippen molar-refractivity contribution < 1.29 is 22.3 Å². The van der Waals surface area contributed by atoms with Crippen LogP contribution in [0.4, 0.5) is 20.7 Å². The van der Waals surface area contributed by atoms with Gasteiger partial charge in [-0.15, -0.1) is 15.6 Å². The maximum atomic E-state index is 15.5. The van der Waals surface area contributed by atoms with Gasteiger partial charge in [-0.2, -0.15) is 0 Å². The SMILES string of the molecule is CC(C)(C)OC(=O)N(c1cscn1)S(=O)(=O)c1cc(Cl)c(N[C@H](CN2CCCC2)c2ccccc2)cc1F. The Labute approximate surface area is 231 Å². The molecule has 8 nitrogen and oxygen atoms in total. The van der Waals surface area contributed by atoms with Gasteiger partial charge in [-0.1, -0.05) is 41.9 Å². The molecule has 0 bridgehead atoms. The normalized spacial score (nSPS) is 15.3. The lowest BCUT2D eigenvalue weighted by Crippen LogP contribution is -2.41. The summed E-state index contributed by atoms with van der Waals surface area (Å²) in [6.45, 7) is 7.42. The number of ether oxygens (including phenoxy) is 1. The van der Waals surface area contributed by atoms with Crippen molar-refractivity contribution in [3.05, 3.63) is 69.8 Å². The van der Waals surface area contributed by atoms with E-state index >= 15 is 4.39 Å². The van der Waals surface area contributed by atoms with Crippen LogP contribution < -0.4 is 9.62 Å². The Morgan fingerprint density at radius 2 is 1.92 bits per heavy atom. The Morgan fingerprint density at radius 1 is 1.24 bits per heavy atom. The van der Waals surface area contributed by atoms with E-state index in [1.54, 1.807) is 20.8 Å². The van der Waals surface area contributed by atoms with Crippen LogP contribution in [0.15, 0.2) is 58.3 Å². The topological polar surface area (TPSA) is 91.8 Å².